The van der Waals surface area contributed by atoms with Crippen LogP contribution in [0.2, 0.25) is 5.02 Å². The summed E-state index contributed by atoms with van der Waals surface area (Å²) in [7, 11) is 1.74. The van der Waals surface area contributed by atoms with E-state index in [4.69, 9.17) is 21.1 Å². The zero-order chi connectivity index (χ0) is 20.8. The fourth-order valence-corrected chi connectivity index (χ4v) is 3.13. The minimum Gasteiger partial charge on any atom is -0.454 e. The average molecular weight is 418 g/mol. The number of nitrogens with one attached hydrogen (secondary N) is 1. The van der Waals surface area contributed by atoms with Gasteiger partial charge in [0.2, 0.25) is 18.6 Å². The van der Waals surface area contributed by atoms with E-state index in [1.807, 2.05) is 25.1 Å². The highest BCUT2D eigenvalue weighted by Gasteiger charge is 2.18. The second-order valence-electron chi connectivity index (χ2n) is 6.82. The van der Waals surface area contributed by atoms with Crippen LogP contribution >= 0.6 is 11.6 Å². The predicted octanol–water partition coefficient (Wildman–Crippen LogP) is 2.99. The molecule has 0 saturated heterocycles. The molecular weight excluding hydrogens is 394 g/mol. The summed E-state index contributed by atoms with van der Waals surface area (Å²) in [5.74, 6) is 1.17. The van der Waals surface area contributed by atoms with Gasteiger partial charge in [0.1, 0.15) is 0 Å². The van der Waals surface area contributed by atoms with Crippen molar-refractivity contribution in [2.45, 2.75) is 13.5 Å². The van der Waals surface area contributed by atoms with Crippen molar-refractivity contribution < 1.29 is 19.1 Å². The number of carbonyl (C=O) groups excluding carboxylic acids is 2. The molecule has 0 spiro atoms. The second kappa shape index (κ2) is 9.62. The Morgan fingerprint density at radius 1 is 1.07 bits per heavy atom. The first-order valence-corrected chi connectivity index (χ1v) is 9.72. The van der Waals surface area contributed by atoms with E-state index in [0.717, 1.165) is 11.3 Å². The maximum Gasteiger partial charge on any atom is 0.238 e. The van der Waals surface area contributed by atoms with Crippen LogP contribution in [0.25, 0.3) is 0 Å². The molecular formula is C21H24ClN3O4. The van der Waals surface area contributed by atoms with E-state index in [1.165, 1.54) is 0 Å². The molecule has 0 saturated carbocycles. The lowest BCUT2D eigenvalue weighted by Crippen LogP contribution is -2.41. The highest BCUT2D eigenvalue weighted by atomic mass is 35.5. The number of hydrogen-bond acceptors (Lipinski definition) is 5. The van der Waals surface area contributed by atoms with E-state index in [1.54, 1.807) is 41.1 Å². The molecule has 1 N–H and O–H groups in total. The van der Waals surface area contributed by atoms with Crippen LogP contribution in [0.4, 0.5) is 5.69 Å². The van der Waals surface area contributed by atoms with E-state index < -0.39 is 0 Å². The number of hydrogen-bond donors (Lipinski definition) is 1. The molecule has 8 heteroatoms. The fourth-order valence-electron chi connectivity index (χ4n) is 3.00. The molecule has 1 aliphatic heterocycles. The molecule has 0 atom stereocenters. The Balaban J connectivity index is 1.50. The Kier molecular flexibility index (Phi) is 6.95. The number of anilines is 1. The first-order chi connectivity index (χ1) is 13.9. The van der Waals surface area contributed by atoms with Crippen LogP contribution < -0.4 is 14.8 Å². The van der Waals surface area contributed by atoms with Gasteiger partial charge in [-0.25, -0.2) is 0 Å². The summed E-state index contributed by atoms with van der Waals surface area (Å²) < 4.78 is 10.7. The molecule has 29 heavy (non-hydrogen) atoms. The van der Waals surface area contributed by atoms with Gasteiger partial charge in [-0.15, -0.1) is 0 Å². The van der Waals surface area contributed by atoms with Gasteiger partial charge in [-0.05, 0) is 55.9 Å². The number of halogens is 1. The number of rotatable bonds is 8. The summed E-state index contributed by atoms with van der Waals surface area (Å²) in [6.07, 6.45) is 0. The molecule has 154 valence electrons. The van der Waals surface area contributed by atoms with Crippen molar-refractivity contribution in [2.24, 2.45) is 0 Å². The van der Waals surface area contributed by atoms with Gasteiger partial charge in [0.25, 0.3) is 0 Å². The van der Waals surface area contributed by atoms with Crippen LogP contribution in [-0.4, -0.2) is 55.1 Å². The van der Waals surface area contributed by atoms with Gasteiger partial charge in [0.15, 0.2) is 11.5 Å². The summed E-state index contributed by atoms with van der Waals surface area (Å²) >= 11 is 5.84. The number of nitrogens with zero attached hydrogens (tertiary/aromatic N) is 2. The van der Waals surface area contributed by atoms with Crippen molar-refractivity contribution in [3.63, 3.8) is 0 Å². The second-order valence-corrected chi connectivity index (χ2v) is 7.26. The van der Waals surface area contributed by atoms with E-state index in [-0.39, 0.29) is 31.7 Å². The van der Waals surface area contributed by atoms with E-state index in [0.29, 0.717) is 29.5 Å². The number of ether oxygens (including phenoxy) is 2. The molecule has 0 aliphatic carbocycles. The normalized spacial score (nSPS) is 12.1. The lowest BCUT2D eigenvalue weighted by molar-refractivity contribution is -0.132. The Morgan fingerprint density at radius 3 is 2.52 bits per heavy atom. The molecule has 7 nitrogen and oxygen atoms in total. The molecule has 2 amide bonds. The van der Waals surface area contributed by atoms with Crippen LogP contribution in [0, 0.1) is 0 Å². The Labute approximate surface area is 175 Å². The Morgan fingerprint density at radius 2 is 1.79 bits per heavy atom. The van der Waals surface area contributed by atoms with Crippen molar-refractivity contribution in [1.29, 1.82) is 0 Å². The highest BCUT2D eigenvalue weighted by molar-refractivity contribution is 6.30. The summed E-state index contributed by atoms with van der Waals surface area (Å²) in [5, 5.41) is 3.39. The standard InChI is InChI=1S/C21H24ClN3O4/c1-3-25(11-15-4-9-18-19(10-15)29-14-28-18)21(27)13-24(2)12-20(26)23-17-7-5-16(22)6-8-17/h4-10H,3,11-14H2,1-2H3,(H,23,26). The Hall–Kier alpha value is -2.77. The molecule has 0 unspecified atom stereocenters. The van der Waals surface area contributed by atoms with Gasteiger partial charge in [0, 0.05) is 23.8 Å². The van der Waals surface area contributed by atoms with Gasteiger partial charge in [0.05, 0.1) is 13.1 Å². The summed E-state index contributed by atoms with van der Waals surface area (Å²) in [6.45, 7) is 3.44. The number of likely N-dealkylation sites (N-methyl/N-ethyl adjacent to an activating group) is 2. The first-order valence-electron chi connectivity index (χ1n) is 9.35. The molecule has 1 heterocycles. The zero-order valence-corrected chi connectivity index (χ0v) is 17.2. The van der Waals surface area contributed by atoms with Gasteiger partial charge in [-0.3, -0.25) is 14.5 Å². The third kappa shape index (κ3) is 5.85. The topological polar surface area (TPSA) is 71.1 Å². The highest BCUT2D eigenvalue weighted by Crippen LogP contribution is 2.32. The number of fused-ring (bicyclic) bond motifs is 1. The van der Waals surface area contributed by atoms with E-state index in [2.05, 4.69) is 5.32 Å². The van der Waals surface area contributed by atoms with Crippen LogP contribution in [0.3, 0.4) is 0 Å². The van der Waals surface area contributed by atoms with E-state index >= 15 is 0 Å². The predicted molar refractivity (Wildman–Crippen MR) is 111 cm³/mol. The van der Waals surface area contributed by atoms with Crippen LogP contribution in [0.15, 0.2) is 42.5 Å². The van der Waals surface area contributed by atoms with Crippen molar-refractivity contribution >= 4 is 29.1 Å². The average Bonchev–Trinajstić information content (AvgIpc) is 3.15. The summed E-state index contributed by atoms with van der Waals surface area (Å²) in [4.78, 5) is 28.3. The number of benzene rings is 2. The van der Waals surface area contributed by atoms with Gasteiger partial charge >= 0.3 is 0 Å². The first kappa shape index (κ1) is 21.0. The Bertz CT molecular complexity index is 873. The maximum absolute atomic E-state index is 12.7. The molecule has 1 aliphatic rings. The minimum absolute atomic E-state index is 0.0491. The molecule has 2 aromatic carbocycles. The molecule has 0 fully saturated rings. The van der Waals surface area contributed by atoms with Crippen LogP contribution in [-0.2, 0) is 16.1 Å². The van der Waals surface area contributed by atoms with Gasteiger partial charge < -0.3 is 19.7 Å². The minimum atomic E-state index is -0.193. The van der Waals surface area contributed by atoms with Gasteiger partial charge in [-0.2, -0.15) is 0 Å². The lowest BCUT2D eigenvalue weighted by atomic mass is 10.2. The van der Waals surface area contributed by atoms with Crippen molar-refractivity contribution in [2.75, 3.05) is 38.8 Å². The zero-order valence-electron chi connectivity index (χ0n) is 16.5. The maximum atomic E-state index is 12.7. The van der Waals surface area contributed by atoms with Crippen molar-refractivity contribution in [3.05, 3.63) is 53.1 Å². The van der Waals surface area contributed by atoms with Crippen LogP contribution in [0.1, 0.15) is 12.5 Å². The largest absolute Gasteiger partial charge is 0.454 e. The lowest BCUT2D eigenvalue weighted by Gasteiger charge is -2.24. The van der Waals surface area contributed by atoms with Crippen molar-refractivity contribution in [1.82, 2.24) is 9.80 Å². The monoisotopic (exact) mass is 417 g/mol. The molecule has 2 aromatic rings. The molecule has 0 aromatic heterocycles. The molecule has 3 rings (SSSR count). The smallest absolute Gasteiger partial charge is 0.238 e. The molecule has 0 radical (unpaired) electrons. The molecule has 0 bridgehead atoms. The van der Waals surface area contributed by atoms with Gasteiger partial charge in [-0.1, -0.05) is 17.7 Å². The number of amides is 2. The quantitative estimate of drug-likeness (QED) is 0.715. The third-order valence-electron chi connectivity index (χ3n) is 4.49. The van der Waals surface area contributed by atoms with Crippen molar-refractivity contribution in [3.8, 4) is 11.5 Å². The third-order valence-corrected chi connectivity index (χ3v) is 4.74. The summed E-state index contributed by atoms with van der Waals surface area (Å²) in [5.41, 5.74) is 1.63. The summed E-state index contributed by atoms with van der Waals surface area (Å²) in [6, 6.07) is 12.5. The SMILES string of the molecule is CCN(Cc1ccc2c(c1)OCO2)C(=O)CN(C)CC(=O)Nc1ccc(Cl)cc1. The van der Waals surface area contributed by atoms with E-state index in [9.17, 15) is 9.59 Å². The number of carbonyl (C=O) groups is 2. The van der Waals surface area contributed by atoms with Crippen LogP contribution in [0.5, 0.6) is 11.5 Å². The fraction of sp³-hybridized carbons (Fsp3) is 0.333.